The number of aromatic carboxylic acids is 2. The van der Waals surface area contributed by atoms with Crippen molar-refractivity contribution >= 4 is 17.9 Å². The van der Waals surface area contributed by atoms with Crippen LogP contribution in [0.1, 0.15) is 166 Å². The van der Waals surface area contributed by atoms with Gasteiger partial charge >= 0.3 is 17.9 Å². The SMILES string of the molecule is CCCCCCCCCCCCCCCCCCCCCCOC(=O)c1ccc(C(=O)O)cc1C(=O)O. The van der Waals surface area contributed by atoms with Gasteiger partial charge in [0.25, 0.3) is 0 Å². The molecule has 210 valence electrons. The second-order valence-electron chi connectivity index (χ2n) is 10.2. The summed E-state index contributed by atoms with van der Waals surface area (Å²) in [4.78, 5) is 34.6. The molecule has 6 nitrogen and oxygen atoms in total. The summed E-state index contributed by atoms with van der Waals surface area (Å²) in [6, 6.07) is 3.40. The molecule has 0 aromatic heterocycles. The third-order valence-electron chi connectivity index (χ3n) is 6.95. The van der Waals surface area contributed by atoms with E-state index in [-0.39, 0.29) is 23.3 Å². The summed E-state index contributed by atoms with van der Waals surface area (Å²) >= 11 is 0. The molecule has 1 aromatic rings. The van der Waals surface area contributed by atoms with E-state index in [2.05, 4.69) is 6.92 Å². The number of esters is 1. The first-order chi connectivity index (χ1) is 18.0. The molecule has 37 heavy (non-hydrogen) atoms. The third-order valence-corrected chi connectivity index (χ3v) is 6.95. The molecular weight excluding hydrogens is 468 g/mol. The summed E-state index contributed by atoms with van der Waals surface area (Å²) in [5, 5.41) is 18.3. The van der Waals surface area contributed by atoms with E-state index in [0.717, 1.165) is 25.3 Å². The minimum Gasteiger partial charge on any atom is -0.478 e. The van der Waals surface area contributed by atoms with Crippen LogP contribution in [0.2, 0.25) is 0 Å². The summed E-state index contributed by atoms with van der Waals surface area (Å²) in [6.45, 7) is 2.50. The van der Waals surface area contributed by atoms with Crippen LogP contribution in [0, 0.1) is 0 Å². The van der Waals surface area contributed by atoms with Gasteiger partial charge in [-0.1, -0.05) is 129 Å². The average molecular weight is 519 g/mol. The normalized spacial score (nSPS) is 10.9. The molecule has 0 amide bonds. The van der Waals surface area contributed by atoms with Gasteiger partial charge in [0.2, 0.25) is 0 Å². The van der Waals surface area contributed by atoms with E-state index >= 15 is 0 Å². The zero-order valence-corrected chi connectivity index (χ0v) is 23.1. The average Bonchev–Trinajstić information content (AvgIpc) is 2.89. The number of hydrogen-bond acceptors (Lipinski definition) is 4. The quantitative estimate of drug-likeness (QED) is 0.105. The van der Waals surface area contributed by atoms with Gasteiger partial charge in [-0.2, -0.15) is 0 Å². The maximum Gasteiger partial charge on any atom is 0.339 e. The highest BCUT2D eigenvalue weighted by molar-refractivity contribution is 6.04. The van der Waals surface area contributed by atoms with Crippen molar-refractivity contribution in [2.75, 3.05) is 6.61 Å². The molecule has 0 bridgehead atoms. The predicted molar refractivity (Wildman–Crippen MR) is 149 cm³/mol. The number of hydrogen-bond donors (Lipinski definition) is 2. The van der Waals surface area contributed by atoms with Crippen LogP contribution in [0.25, 0.3) is 0 Å². The Kier molecular flexibility index (Phi) is 19.1. The molecule has 0 radical (unpaired) electrons. The first-order valence-corrected chi connectivity index (χ1v) is 14.7. The lowest BCUT2D eigenvalue weighted by molar-refractivity contribution is 0.0486. The van der Waals surface area contributed by atoms with Gasteiger partial charge < -0.3 is 14.9 Å². The third kappa shape index (κ3) is 16.2. The molecule has 0 unspecified atom stereocenters. The topological polar surface area (TPSA) is 101 Å². The molecule has 6 heteroatoms. The van der Waals surface area contributed by atoms with E-state index in [0.29, 0.717) is 0 Å². The fourth-order valence-corrected chi connectivity index (χ4v) is 4.63. The number of unbranched alkanes of at least 4 members (excludes halogenated alkanes) is 19. The van der Waals surface area contributed by atoms with Gasteiger partial charge in [-0.15, -0.1) is 0 Å². The van der Waals surface area contributed by atoms with E-state index < -0.39 is 17.9 Å². The lowest BCUT2D eigenvalue weighted by Gasteiger charge is -2.08. The fraction of sp³-hybridized carbons (Fsp3) is 0.710. The minimum absolute atomic E-state index is 0.120. The van der Waals surface area contributed by atoms with Gasteiger partial charge in [-0.3, -0.25) is 0 Å². The van der Waals surface area contributed by atoms with Crippen molar-refractivity contribution in [3.63, 3.8) is 0 Å². The first-order valence-electron chi connectivity index (χ1n) is 14.7. The van der Waals surface area contributed by atoms with Crippen LogP contribution in [-0.2, 0) is 4.74 Å². The van der Waals surface area contributed by atoms with Gasteiger partial charge in [0, 0.05) is 0 Å². The largest absolute Gasteiger partial charge is 0.478 e. The van der Waals surface area contributed by atoms with Crippen molar-refractivity contribution in [2.24, 2.45) is 0 Å². The summed E-state index contributed by atoms with van der Waals surface area (Å²) in [7, 11) is 0. The molecule has 0 atom stereocenters. The summed E-state index contributed by atoms with van der Waals surface area (Å²) in [5.74, 6) is -3.33. The van der Waals surface area contributed by atoms with Crippen molar-refractivity contribution in [1.82, 2.24) is 0 Å². The molecule has 1 rings (SSSR count). The second kappa shape index (κ2) is 21.7. The Labute approximate surface area is 224 Å². The van der Waals surface area contributed by atoms with E-state index in [1.807, 2.05) is 0 Å². The highest BCUT2D eigenvalue weighted by atomic mass is 16.5. The number of carbonyl (C=O) groups is 3. The molecule has 0 saturated heterocycles. The van der Waals surface area contributed by atoms with Crippen molar-refractivity contribution in [2.45, 2.75) is 135 Å². The Hall–Kier alpha value is -2.37. The molecule has 0 spiro atoms. The predicted octanol–water partition coefficient (Wildman–Crippen LogP) is 9.06. The molecule has 1 aromatic carbocycles. The second-order valence-corrected chi connectivity index (χ2v) is 10.2. The smallest absolute Gasteiger partial charge is 0.339 e. The van der Waals surface area contributed by atoms with Crippen LogP contribution in [-0.4, -0.2) is 34.7 Å². The minimum atomic E-state index is -1.35. The standard InChI is InChI=1S/C31H50O6/c1-2-3-4-5-6-7-8-9-10-11-12-13-14-15-16-17-18-19-20-21-24-37-31(36)27-23-22-26(29(32)33)25-28(27)30(34)35/h22-23,25H,2-21,24H2,1H3,(H,32,33)(H,34,35). The van der Waals surface area contributed by atoms with Gasteiger partial charge in [-0.25, -0.2) is 14.4 Å². The maximum atomic E-state index is 12.2. The highest BCUT2D eigenvalue weighted by Crippen LogP contribution is 2.16. The Morgan fingerprint density at radius 2 is 0.973 bits per heavy atom. The number of carboxylic acids is 2. The van der Waals surface area contributed by atoms with E-state index in [1.165, 1.54) is 121 Å². The molecular formula is C31H50O6. The molecule has 2 N–H and O–H groups in total. The summed E-state index contributed by atoms with van der Waals surface area (Å²) in [6.07, 6.45) is 26.0. The van der Waals surface area contributed by atoms with E-state index in [1.54, 1.807) is 0 Å². The molecule has 0 saturated carbocycles. The fourth-order valence-electron chi connectivity index (χ4n) is 4.63. The van der Waals surface area contributed by atoms with Crippen molar-refractivity contribution in [1.29, 1.82) is 0 Å². The Morgan fingerprint density at radius 3 is 1.35 bits per heavy atom. The van der Waals surface area contributed by atoms with Crippen molar-refractivity contribution < 1.29 is 29.3 Å². The van der Waals surface area contributed by atoms with Crippen LogP contribution in [0.15, 0.2) is 18.2 Å². The van der Waals surface area contributed by atoms with E-state index in [4.69, 9.17) is 9.84 Å². The molecule has 0 aliphatic heterocycles. The maximum absolute atomic E-state index is 12.2. The Morgan fingerprint density at radius 1 is 0.568 bits per heavy atom. The Balaban J connectivity index is 1.93. The number of benzene rings is 1. The van der Waals surface area contributed by atoms with Crippen LogP contribution >= 0.6 is 0 Å². The van der Waals surface area contributed by atoms with Crippen LogP contribution in [0.4, 0.5) is 0 Å². The van der Waals surface area contributed by atoms with Gasteiger partial charge in [-0.05, 0) is 24.6 Å². The van der Waals surface area contributed by atoms with Crippen LogP contribution in [0.3, 0.4) is 0 Å². The lowest BCUT2D eigenvalue weighted by atomic mass is 10.0. The number of carboxylic acid groups (broad SMARTS) is 2. The molecule has 0 aliphatic carbocycles. The Bertz CT molecular complexity index is 773. The molecule has 0 heterocycles. The number of rotatable bonds is 24. The van der Waals surface area contributed by atoms with Crippen LogP contribution < -0.4 is 0 Å². The summed E-state index contributed by atoms with van der Waals surface area (Å²) in [5.41, 5.74) is -0.651. The van der Waals surface area contributed by atoms with Gasteiger partial charge in [0.05, 0.1) is 23.3 Å². The highest BCUT2D eigenvalue weighted by Gasteiger charge is 2.20. The van der Waals surface area contributed by atoms with Gasteiger partial charge in [0.1, 0.15) is 0 Å². The van der Waals surface area contributed by atoms with Gasteiger partial charge in [0.15, 0.2) is 0 Å². The first kappa shape index (κ1) is 32.7. The van der Waals surface area contributed by atoms with Crippen LogP contribution in [0.5, 0.6) is 0 Å². The summed E-state index contributed by atoms with van der Waals surface area (Å²) < 4.78 is 5.21. The van der Waals surface area contributed by atoms with E-state index in [9.17, 15) is 19.5 Å². The number of ether oxygens (including phenoxy) is 1. The lowest BCUT2D eigenvalue weighted by Crippen LogP contribution is -2.13. The zero-order valence-electron chi connectivity index (χ0n) is 23.1. The molecule has 0 aliphatic rings. The van der Waals surface area contributed by atoms with Crippen molar-refractivity contribution in [3.05, 3.63) is 34.9 Å². The zero-order chi connectivity index (χ0) is 27.1. The molecule has 0 fully saturated rings. The monoisotopic (exact) mass is 518 g/mol. The number of carbonyl (C=O) groups excluding carboxylic acids is 1. The van der Waals surface area contributed by atoms with Crippen molar-refractivity contribution in [3.8, 4) is 0 Å².